The van der Waals surface area contributed by atoms with E-state index in [0.29, 0.717) is 23.6 Å². The van der Waals surface area contributed by atoms with E-state index in [0.717, 1.165) is 5.56 Å². The van der Waals surface area contributed by atoms with Gasteiger partial charge < -0.3 is 15.0 Å². The predicted molar refractivity (Wildman–Crippen MR) is 129 cm³/mol. The van der Waals surface area contributed by atoms with Crippen LogP contribution in [-0.4, -0.2) is 35.3 Å². The number of rotatable bonds is 6. The molecule has 3 aromatic rings. The fourth-order valence-electron chi connectivity index (χ4n) is 4.02. The van der Waals surface area contributed by atoms with E-state index < -0.39 is 29.3 Å². The van der Waals surface area contributed by atoms with Crippen LogP contribution in [0, 0.1) is 0 Å². The number of halogens is 4. The third-order valence-electron chi connectivity index (χ3n) is 5.72. The lowest BCUT2D eigenvalue weighted by Crippen LogP contribution is -2.34. The Morgan fingerprint density at radius 2 is 1.72 bits per heavy atom. The summed E-state index contributed by atoms with van der Waals surface area (Å²) in [7, 11) is 1.25. The number of carbonyl (C=O) groups is 2. The molecule has 1 aromatic heterocycles. The van der Waals surface area contributed by atoms with Crippen molar-refractivity contribution in [2.45, 2.75) is 25.7 Å². The molecule has 0 saturated carbocycles. The standard InChI is InChI=1S/C25H22ClF3N4O3/c1-15(17-6-8-18(9-7-17)24(35)36-2)30-22(34)20-21(25(27,28)29)31-33-13-3-12-32(23(20)33)14-16-4-10-19(26)11-5-16/h4-11H,1,3,12-14H2,2H3,(H,30,34). The lowest BCUT2D eigenvalue weighted by Gasteiger charge is -2.30. The van der Waals surface area contributed by atoms with E-state index in [-0.39, 0.29) is 30.2 Å². The SMILES string of the molecule is C=C(NC(=O)c1c(C(F)(F)F)nn2c1N(Cc1ccc(Cl)cc1)CCC2)c1ccc(C(=O)OC)cc1. The summed E-state index contributed by atoms with van der Waals surface area (Å²) in [5.41, 5.74) is -0.226. The van der Waals surface area contributed by atoms with Crippen LogP contribution in [0.3, 0.4) is 0 Å². The van der Waals surface area contributed by atoms with E-state index in [1.54, 1.807) is 29.2 Å². The van der Waals surface area contributed by atoms with Crippen molar-refractivity contribution in [2.75, 3.05) is 18.6 Å². The van der Waals surface area contributed by atoms with Crippen molar-refractivity contribution in [2.24, 2.45) is 0 Å². The van der Waals surface area contributed by atoms with Gasteiger partial charge in [-0.25, -0.2) is 9.48 Å². The second kappa shape index (κ2) is 10.1. The summed E-state index contributed by atoms with van der Waals surface area (Å²) in [6.45, 7) is 4.75. The fourth-order valence-corrected chi connectivity index (χ4v) is 4.14. The molecule has 1 aliphatic rings. The molecular formula is C25H22ClF3N4O3. The molecule has 0 spiro atoms. The van der Waals surface area contributed by atoms with Crippen LogP contribution in [0.25, 0.3) is 5.70 Å². The Kier molecular flexibility index (Phi) is 7.07. The minimum Gasteiger partial charge on any atom is -0.465 e. The van der Waals surface area contributed by atoms with Gasteiger partial charge in [-0.2, -0.15) is 18.3 Å². The van der Waals surface area contributed by atoms with Gasteiger partial charge in [0.2, 0.25) is 0 Å². The van der Waals surface area contributed by atoms with Crippen LogP contribution < -0.4 is 10.2 Å². The van der Waals surface area contributed by atoms with Crippen molar-refractivity contribution >= 4 is 35.0 Å². The summed E-state index contributed by atoms with van der Waals surface area (Å²) in [6.07, 6.45) is -4.27. The first-order chi connectivity index (χ1) is 17.1. The lowest BCUT2D eigenvalue weighted by atomic mass is 10.1. The summed E-state index contributed by atoms with van der Waals surface area (Å²) < 4.78 is 47.7. The highest BCUT2D eigenvalue weighted by atomic mass is 35.5. The number of nitrogens with zero attached hydrogens (tertiary/aromatic N) is 3. The third-order valence-corrected chi connectivity index (χ3v) is 5.98. The molecule has 0 atom stereocenters. The summed E-state index contributed by atoms with van der Waals surface area (Å²) >= 11 is 5.95. The molecule has 0 saturated heterocycles. The molecule has 0 fully saturated rings. The number of anilines is 1. The third kappa shape index (κ3) is 5.23. The zero-order chi connectivity index (χ0) is 26.0. The Morgan fingerprint density at radius 3 is 2.33 bits per heavy atom. The first-order valence-electron chi connectivity index (χ1n) is 10.9. The topological polar surface area (TPSA) is 76.5 Å². The van der Waals surface area contributed by atoms with Gasteiger partial charge in [0.05, 0.1) is 12.7 Å². The average molecular weight is 519 g/mol. The highest BCUT2D eigenvalue weighted by molar-refractivity contribution is 6.30. The molecule has 7 nitrogen and oxygen atoms in total. The number of fused-ring (bicyclic) bond motifs is 1. The van der Waals surface area contributed by atoms with Crippen molar-refractivity contribution in [3.63, 3.8) is 0 Å². The molecule has 2 aromatic carbocycles. The van der Waals surface area contributed by atoms with E-state index >= 15 is 0 Å². The highest BCUT2D eigenvalue weighted by Gasteiger charge is 2.43. The summed E-state index contributed by atoms with van der Waals surface area (Å²) in [5, 5.41) is 6.77. The zero-order valence-corrected chi connectivity index (χ0v) is 20.0. The number of alkyl halides is 3. The van der Waals surface area contributed by atoms with E-state index in [2.05, 4.69) is 21.7 Å². The summed E-state index contributed by atoms with van der Waals surface area (Å²) in [5.74, 6) is -1.43. The quantitative estimate of drug-likeness (QED) is 0.457. The molecular weight excluding hydrogens is 497 g/mol. The predicted octanol–water partition coefficient (Wildman–Crippen LogP) is 5.15. The summed E-state index contributed by atoms with van der Waals surface area (Å²) in [6, 6.07) is 12.9. The number of aromatic nitrogens is 2. The number of benzene rings is 2. The monoisotopic (exact) mass is 518 g/mol. The number of aryl methyl sites for hydroxylation is 1. The summed E-state index contributed by atoms with van der Waals surface area (Å²) in [4.78, 5) is 26.6. The molecule has 0 radical (unpaired) electrons. The maximum atomic E-state index is 14.0. The van der Waals surface area contributed by atoms with Gasteiger partial charge in [-0.1, -0.05) is 42.4 Å². The number of carbonyl (C=O) groups excluding carboxylic acids is 2. The second-order valence-corrected chi connectivity index (χ2v) is 8.61. The first kappa shape index (κ1) is 25.3. The van der Waals surface area contributed by atoms with Gasteiger partial charge in [-0.15, -0.1) is 0 Å². The van der Waals surface area contributed by atoms with Gasteiger partial charge in [-0.3, -0.25) is 4.79 Å². The van der Waals surface area contributed by atoms with Gasteiger partial charge >= 0.3 is 12.1 Å². The Morgan fingerprint density at radius 1 is 1.08 bits per heavy atom. The molecule has 11 heteroatoms. The number of hydrogen-bond donors (Lipinski definition) is 1. The van der Waals surface area contributed by atoms with Crippen molar-refractivity contribution < 1.29 is 27.5 Å². The van der Waals surface area contributed by atoms with E-state index in [4.69, 9.17) is 11.6 Å². The van der Waals surface area contributed by atoms with Gasteiger partial charge in [0.25, 0.3) is 5.91 Å². The number of ether oxygens (including phenoxy) is 1. The molecule has 0 unspecified atom stereocenters. The molecule has 36 heavy (non-hydrogen) atoms. The molecule has 4 rings (SSSR count). The van der Waals surface area contributed by atoms with Crippen LogP contribution in [0.4, 0.5) is 19.0 Å². The smallest absolute Gasteiger partial charge is 0.436 e. The Bertz CT molecular complexity index is 1300. The highest BCUT2D eigenvalue weighted by Crippen LogP contribution is 2.38. The zero-order valence-electron chi connectivity index (χ0n) is 19.2. The maximum absolute atomic E-state index is 14.0. The Hall–Kier alpha value is -3.79. The molecule has 2 heterocycles. The van der Waals surface area contributed by atoms with Gasteiger partial charge in [-0.05, 0) is 41.8 Å². The molecule has 0 aliphatic carbocycles. The normalized spacial score (nSPS) is 13.2. The Labute approximate surface area is 210 Å². The molecule has 1 amide bonds. The number of methoxy groups -OCH3 is 1. The van der Waals surface area contributed by atoms with E-state index in [1.165, 1.54) is 36.1 Å². The van der Waals surface area contributed by atoms with Crippen LogP contribution in [0.1, 0.15) is 44.0 Å². The average Bonchev–Trinajstić information content (AvgIpc) is 3.26. The van der Waals surface area contributed by atoms with E-state index in [9.17, 15) is 22.8 Å². The van der Waals surface area contributed by atoms with Crippen LogP contribution in [0.5, 0.6) is 0 Å². The molecule has 0 bridgehead atoms. The number of esters is 1. The molecule has 1 N–H and O–H groups in total. The van der Waals surface area contributed by atoms with Crippen LogP contribution in [0.2, 0.25) is 5.02 Å². The lowest BCUT2D eigenvalue weighted by molar-refractivity contribution is -0.141. The first-order valence-corrected chi connectivity index (χ1v) is 11.3. The van der Waals surface area contributed by atoms with Gasteiger partial charge in [0, 0.05) is 30.4 Å². The number of amides is 1. The number of hydrogen-bond acceptors (Lipinski definition) is 5. The maximum Gasteiger partial charge on any atom is 0.436 e. The molecule has 188 valence electrons. The van der Waals surface area contributed by atoms with Crippen molar-refractivity contribution in [1.82, 2.24) is 15.1 Å². The fraction of sp³-hybridized carbons (Fsp3) is 0.240. The molecule has 1 aliphatic heterocycles. The number of nitrogens with one attached hydrogen (secondary N) is 1. The van der Waals surface area contributed by atoms with Crippen LogP contribution >= 0.6 is 11.6 Å². The van der Waals surface area contributed by atoms with Crippen LogP contribution in [0.15, 0.2) is 55.1 Å². The van der Waals surface area contributed by atoms with Crippen molar-refractivity contribution in [1.29, 1.82) is 0 Å². The van der Waals surface area contributed by atoms with Gasteiger partial charge in [0.15, 0.2) is 5.69 Å². The van der Waals surface area contributed by atoms with Crippen molar-refractivity contribution in [3.8, 4) is 0 Å². The largest absolute Gasteiger partial charge is 0.465 e. The second-order valence-electron chi connectivity index (χ2n) is 8.17. The Balaban J connectivity index is 1.66. The minimum absolute atomic E-state index is 0.0737. The van der Waals surface area contributed by atoms with E-state index in [1.807, 2.05) is 0 Å². The van der Waals surface area contributed by atoms with Crippen molar-refractivity contribution in [3.05, 3.63) is 88.1 Å². The van der Waals surface area contributed by atoms with Gasteiger partial charge in [0.1, 0.15) is 11.4 Å². The van der Waals surface area contributed by atoms with Crippen LogP contribution in [-0.2, 0) is 24.0 Å². The minimum atomic E-state index is -4.84.